The lowest BCUT2D eigenvalue weighted by Gasteiger charge is -2.37. The summed E-state index contributed by atoms with van der Waals surface area (Å²) in [4.78, 5) is 26.4. The van der Waals surface area contributed by atoms with Crippen LogP contribution in [-0.4, -0.2) is 73.3 Å². The number of ether oxygens (including phenoxy) is 2. The van der Waals surface area contributed by atoms with Crippen molar-refractivity contribution in [2.75, 3.05) is 51.4 Å². The monoisotopic (exact) mass is 389 g/mol. The van der Waals surface area contributed by atoms with E-state index in [1.54, 1.807) is 7.11 Å². The second kappa shape index (κ2) is 8.71. The molecule has 0 aromatic carbocycles. The highest BCUT2D eigenvalue weighted by Crippen LogP contribution is 2.36. The highest BCUT2D eigenvalue weighted by atomic mass is 16.5. The Morgan fingerprint density at radius 2 is 1.93 bits per heavy atom. The Morgan fingerprint density at radius 3 is 2.57 bits per heavy atom. The first-order valence-corrected chi connectivity index (χ1v) is 10.4. The van der Waals surface area contributed by atoms with Crippen molar-refractivity contribution in [3.8, 4) is 0 Å². The van der Waals surface area contributed by atoms with Gasteiger partial charge in [-0.3, -0.25) is 4.79 Å². The molecule has 28 heavy (non-hydrogen) atoms. The van der Waals surface area contributed by atoms with Crippen LogP contribution in [0, 0.1) is 5.92 Å². The number of nitrogens with two attached hydrogens (primary N) is 1. The van der Waals surface area contributed by atoms with E-state index in [-0.39, 0.29) is 17.9 Å². The molecule has 1 aromatic rings. The summed E-state index contributed by atoms with van der Waals surface area (Å²) in [5.74, 6) is 2.50. The first-order chi connectivity index (χ1) is 13.6. The van der Waals surface area contributed by atoms with Crippen molar-refractivity contribution in [2.24, 2.45) is 11.7 Å². The van der Waals surface area contributed by atoms with Gasteiger partial charge in [-0.05, 0) is 25.7 Å². The molecule has 0 bridgehead atoms. The van der Waals surface area contributed by atoms with Gasteiger partial charge in [-0.25, -0.2) is 9.97 Å². The van der Waals surface area contributed by atoms with Gasteiger partial charge in [0.05, 0.1) is 13.2 Å². The second-order valence-electron chi connectivity index (χ2n) is 8.13. The number of methoxy groups -OCH3 is 1. The molecule has 0 radical (unpaired) electrons. The third kappa shape index (κ3) is 4.29. The molecule has 3 heterocycles. The van der Waals surface area contributed by atoms with E-state index >= 15 is 0 Å². The zero-order chi connectivity index (χ0) is 19.5. The van der Waals surface area contributed by atoms with E-state index in [1.807, 2.05) is 4.90 Å². The van der Waals surface area contributed by atoms with Crippen LogP contribution in [-0.2, 0) is 20.9 Å². The van der Waals surface area contributed by atoms with Crippen molar-refractivity contribution in [3.63, 3.8) is 0 Å². The molecule has 1 saturated carbocycles. The Labute approximate surface area is 166 Å². The van der Waals surface area contributed by atoms with Crippen LogP contribution >= 0.6 is 0 Å². The number of carbonyl (C=O) groups excluding carboxylic acids is 1. The third-order valence-corrected chi connectivity index (χ3v) is 6.14. The highest BCUT2D eigenvalue weighted by molar-refractivity contribution is 5.79. The molecule has 3 aliphatic rings. The average Bonchev–Trinajstić information content (AvgIpc) is 2.72. The maximum absolute atomic E-state index is 12.8. The van der Waals surface area contributed by atoms with Gasteiger partial charge in [0.1, 0.15) is 12.4 Å². The van der Waals surface area contributed by atoms with E-state index in [0.29, 0.717) is 25.7 Å². The van der Waals surface area contributed by atoms with Gasteiger partial charge >= 0.3 is 0 Å². The number of amides is 1. The number of aromatic nitrogens is 2. The summed E-state index contributed by atoms with van der Waals surface area (Å²) >= 11 is 0. The molecule has 1 amide bonds. The van der Waals surface area contributed by atoms with Crippen LogP contribution in [0.5, 0.6) is 0 Å². The Morgan fingerprint density at radius 1 is 1.21 bits per heavy atom. The van der Waals surface area contributed by atoms with Crippen LogP contribution in [0.15, 0.2) is 6.07 Å². The van der Waals surface area contributed by atoms with Gasteiger partial charge < -0.3 is 25.0 Å². The Balaban J connectivity index is 1.41. The van der Waals surface area contributed by atoms with Crippen molar-refractivity contribution in [1.29, 1.82) is 0 Å². The molecule has 154 valence electrons. The van der Waals surface area contributed by atoms with Crippen LogP contribution in [0.25, 0.3) is 0 Å². The lowest BCUT2D eigenvalue weighted by atomic mass is 9.78. The maximum Gasteiger partial charge on any atom is 0.225 e. The highest BCUT2D eigenvalue weighted by Gasteiger charge is 2.32. The zero-order valence-electron chi connectivity index (χ0n) is 16.7. The van der Waals surface area contributed by atoms with Gasteiger partial charge in [0.25, 0.3) is 0 Å². The number of anilines is 1. The van der Waals surface area contributed by atoms with Gasteiger partial charge in [-0.1, -0.05) is 0 Å². The van der Waals surface area contributed by atoms with E-state index in [1.165, 1.54) is 0 Å². The molecular formula is C20H31N5O3. The van der Waals surface area contributed by atoms with Crippen molar-refractivity contribution in [1.82, 2.24) is 14.9 Å². The molecule has 2 saturated heterocycles. The quantitative estimate of drug-likeness (QED) is 0.800. The van der Waals surface area contributed by atoms with Gasteiger partial charge in [0, 0.05) is 62.9 Å². The minimum atomic E-state index is 0.110. The van der Waals surface area contributed by atoms with E-state index in [0.717, 1.165) is 69.2 Å². The SMILES string of the molecule is COCc1nc(C2CC(N)C2)cc(N2CCC(C(=O)N3CCOCC3)CC2)n1. The minimum Gasteiger partial charge on any atom is -0.378 e. The van der Waals surface area contributed by atoms with E-state index in [9.17, 15) is 4.79 Å². The molecule has 1 aliphatic carbocycles. The van der Waals surface area contributed by atoms with Gasteiger partial charge in [0.2, 0.25) is 5.91 Å². The third-order valence-electron chi connectivity index (χ3n) is 6.14. The number of hydrogen-bond acceptors (Lipinski definition) is 7. The molecule has 8 heteroatoms. The van der Waals surface area contributed by atoms with Crippen LogP contribution in [0.4, 0.5) is 5.82 Å². The smallest absolute Gasteiger partial charge is 0.225 e. The van der Waals surface area contributed by atoms with E-state index < -0.39 is 0 Å². The molecule has 0 atom stereocenters. The topological polar surface area (TPSA) is 93.8 Å². The summed E-state index contributed by atoms with van der Waals surface area (Å²) in [6, 6.07) is 2.40. The molecular weight excluding hydrogens is 358 g/mol. The molecule has 3 fully saturated rings. The summed E-state index contributed by atoms with van der Waals surface area (Å²) in [7, 11) is 1.66. The van der Waals surface area contributed by atoms with Crippen molar-refractivity contribution < 1.29 is 14.3 Å². The lowest BCUT2D eigenvalue weighted by molar-refractivity contribution is -0.140. The van der Waals surface area contributed by atoms with Gasteiger partial charge in [0.15, 0.2) is 5.82 Å². The fourth-order valence-corrected chi connectivity index (χ4v) is 4.37. The first kappa shape index (κ1) is 19.5. The summed E-state index contributed by atoms with van der Waals surface area (Å²) in [6.07, 6.45) is 3.70. The standard InChI is InChI=1S/C20H31N5O3/c1-27-13-18-22-17(15-10-16(21)11-15)12-19(23-18)24-4-2-14(3-5-24)20(26)25-6-8-28-9-7-25/h12,14-16H,2-11,13,21H2,1H3. The number of rotatable bonds is 5. The van der Waals surface area contributed by atoms with Crippen molar-refractivity contribution >= 4 is 11.7 Å². The lowest BCUT2D eigenvalue weighted by Crippen LogP contribution is -2.47. The van der Waals surface area contributed by atoms with Crippen molar-refractivity contribution in [3.05, 3.63) is 17.6 Å². The first-order valence-electron chi connectivity index (χ1n) is 10.4. The van der Waals surface area contributed by atoms with Crippen LogP contribution in [0.3, 0.4) is 0 Å². The number of morpholine rings is 1. The van der Waals surface area contributed by atoms with Crippen LogP contribution < -0.4 is 10.6 Å². The number of carbonyl (C=O) groups is 1. The van der Waals surface area contributed by atoms with Gasteiger partial charge in [-0.2, -0.15) is 0 Å². The Hall–Kier alpha value is -1.77. The fourth-order valence-electron chi connectivity index (χ4n) is 4.37. The Kier molecular flexibility index (Phi) is 6.08. The van der Waals surface area contributed by atoms with Crippen LogP contribution in [0.2, 0.25) is 0 Å². The summed E-state index contributed by atoms with van der Waals surface area (Å²) in [6.45, 7) is 4.84. The number of hydrogen-bond donors (Lipinski definition) is 1. The molecule has 8 nitrogen and oxygen atoms in total. The van der Waals surface area contributed by atoms with Crippen LogP contribution in [0.1, 0.15) is 43.1 Å². The molecule has 0 unspecified atom stereocenters. The van der Waals surface area contributed by atoms with Crippen molar-refractivity contribution in [2.45, 2.75) is 44.2 Å². The molecule has 0 spiro atoms. The van der Waals surface area contributed by atoms with Gasteiger partial charge in [-0.15, -0.1) is 0 Å². The fraction of sp³-hybridized carbons (Fsp3) is 0.750. The molecule has 1 aromatic heterocycles. The molecule has 4 rings (SSSR count). The summed E-state index contributed by atoms with van der Waals surface area (Å²) in [5.41, 5.74) is 7.04. The number of nitrogens with zero attached hydrogens (tertiary/aromatic N) is 4. The van der Waals surface area contributed by atoms with E-state index in [4.69, 9.17) is 20.2 Å². The largest absolute Gasteiger partial charge is 0.378 e. The molecule has 2 N–H and O–H groups in total. The normalized spacial score (nSPS) is 26.2. The maximum atomic E-state index is 12.8. The minimum absolute atomic E-state index is 0.110. The average molecular weight is 390 g/mol. The van der Waals surface area contributed by atoms with E-state index in [2.05, 4.69) is 16.0 Å². The predicted octanol–water partition coefficient (Wildman–Crippen LogP) is 0.903. The molecule has 2 aliphatic heterocycles. The Bertz CT molecular complexity index is 680. The number of piperidine rings is 1. The summed E-state index contributed by atoms with van der Waals surface area (Å²) < 4.78 is 10.6. The second-order valence-corrected chi connectivity index (χ2v) is 8.13. The summed E-state index contributed by atoms with van der Waals surface area (Å²) in [5, 5.41) is 0. The zero-order valence-corrected chi connectivity index (χ0v) is 16.7. The predicted molar refractivity (Wildman–Crippen MR) is 105 cm³/mol.